The fourth-order valence-electron chi connectivity index (χ4n) is 5.26. The third-order valence-corrected chi connectivity index (χ3v) is 8.09. The van der Waals surface area contributed by atoms with Crippen LogP contribution < -0.4 is 5.32 Å². The first-order valence-electron chi connectivity index (χ1n) is 12.8. The van der Waals surface area contributed by atoms with E-state index in [2.05, 4.69) is 27.2 Å². The summed E-state index contributed by atoms with van der Waals surface area (Å²) in [6.45, 7) is 3.97. The van der Waals surface area contributed by atoms with Crippen LogP contribution in [-0.2, 0) is 9.59 Å². The maximum atomic E-state index is 13.4. The van der Waals surface area contributed by atoms with Gasteiger partial charge in [0.2, 0.25) is 5.91 Å². The van der Waals surface area contributed by atoms with Crippen molar-refractivity contribution in [3.8, 4) is 11.4 Å². The van der Waals surface area contributed by atoms with Crippen LogP contribution >= 0.6 is 11.6 Å². The Morgan fingerprint density at radius 1 is 1.23 bits per heavy atom. The number of nitrogens with one attached hydrogen (secondary N) is 2. The molecule has 8 heteroatoms. The third kappa shape index (κ3) is 6.31. The van der Waals surface area contributed by atoms with E-state index in [0.717, 1.165) is 57.2 Å². The van der Waals surface area contributed by atoms with Crippen LogP contribution in [0.4, 0.5) is 4.39 Å². The summed E-state index contributed by atoms with van der Waals surface area (Å²) in [5.74, 6) is 0.669. The van der Waals surface area contributed by atoms with Gasteiger partial charge in [-0.3, -0.25) is 9.59 Å². The highest BCUT2D eigenvalue weighted by atomic mass is 35.5. The van der Waals surface area contributed by atoms with Gasteiger partial charge in [0.15, 0.2) is 5.15 Å². The van der Waals surface area contributed by atoms with Crippen molar-refractivity contribution in [2.45, 2.75) is 70.8 Å². The lowest BCUT2D eigenvalue weighted by Gasteiger charge is -2.30. The zero-order valence-corrected chi connectivity index (χ0v) is 21.5. The van der Waals surface area contributed by atoms with Gasteiger partial charge in [-0.2, -0.15) is 0 Å². The number of imidazole rings is 1. The minimum Gasteiger partial charge on any atom is -0.347 e. The van der Waals surface area contributed by atoms with Gasteiger partial charge in [0.25, 0.3) is 0 Å². The number of ketones is 1. The quantitative estimate of drug-likeness (QED) is 0.387. The maximum Gasteiger partial charge on any atom is 0.224 e. The van der Waals surface area contributed by atoms with E-state index in [9.17, 15) is 14.0 Å². The van der Waals surface area contributed by atoms with Gasteiger partial charge < -0.3 is 15.2 Å². The number of carbonyl (C=O) groups is 2. The lowest BCUT2D eigenvalue weighted by atomic mass is 9.90. The van der Waals surface area contributed by atoms with Crippen LogP contribution in [-0.4, -0.2) is 46.7 Å². The van der Waals surface area contributed by atoms with Crippen molar-refractivity contribution in [1.82, 2.24) is 20.2 Å². The van der Waals surface area contributed by atoms with Crippen LogP contribution in [0.15, 0.2) is 24.3 Å². The molecule has 190 valence electrons. The van der Waals surface area contributed by atoms with Crippen LogP contribution in [0.1, 0.15) is 76.4 Å². The van der Waals surface area contributed by atoms with E-state index in [4.69, 9.17) is 11.6 Å². The molecule has 4 rings (SSSR count). The fraction of sp³-hybridized carbons (Fsp3) is 0.593. The average molecular weight is 503 g/mol. The molecule has 35 heavy (non-hydrogen) atoms. The Bertz CT molecular complexity index is 1030. The van der Waals surface area contributed by atoms with Gasteiger partial charge in [-0.05, 0) is 81.9 Å². The molecule has 2 aromatic rings. The molecule has 1 aromatic heterocycles. The van der Waals surface area contributed by atoms with E-state index < -0.39 is 0 Å². The molecule has 1 aliphatic heterocycles. The zero-order chi connectivity index (χ0) is 25.0. The van der Waals surface area contributed by atoms with Crippen LogP contribution in [0.5, 0.6) is 0 Å². The number of H-pyrrole nitrogens is 1. The standard InChI is InChI=1S/C27H36ClFN4O2/c1-3-20(34)7-5-4-6-8-22(30-26(35)21-17-27(21)13-15-33(2)16-14-27)23-24(28)32-25(31-23)18-9-11-19(29)12-10-18/h9-12,21-22H,3-8,13-17H2,1-2H3,(H,30,35)(H,31,32)/t21-,22+/m1/s1. The molecule has 2 aliphatic rings. The number of Topliss-reactive ketones (excluding diaryl/α,β-unsaturated/α-hetero) is 1. The molecule has 2 heterocycles. The Labute approximate surface area is 212 Å². The summed E-state index contributed by atoms with van der Waals surface area (Å²) in [6, 6.07) is 5.79. The van der Waals surface area contributed by atoms with Crippen molar-refractivity contribution in [3.63, 3.8) is 0 Å². The number of hydrogen-bond acceptors (Lipinski definition) is 4. The van der Waals surface area contributed by atoms with Crippen molar-refractivity contribution in [1.29, 1.82) is 0 Å². The molecular weight excluding hydrogens is 467 g/mol. The summed E-state index contributed by atoms with van der Waals surface area (Å²) >= 11 is 6.54. The van der Waals surface area contributed by atoms with Gasteiger partial charge in [0, 0.05) is 24.3 Å². The van der Waals surface area contributed by atoms with Crippen LogP contribution in [0, 0.1) is 17.2 Å². The Hall–Kier alpha value is -2.25. The molecule has 1 amide bonds. The Kier molecular flexibility index (Phi) is 8.27. The van der Waals surface area contributed by atoms with E-state index in [1.165, 1.54) is 12.1 Å². The van der Waals surface area contributed by atoms with E-state index in [-0.39, 0.29) is 34.9 Å². The maximum absolute atomic E-state index is 13.4. The van der Waals surface area contributed by atoms with Gasteiger partial charge in [0.1, 0.15) is 17.4 Å². The zero-order valence-electron chi connectivity index (χ0n) is 20.7. The number of hydrogen-bond donors (Lipinski definition) is 2. The van der Waals surface area contributed by atoms with Crippen LogP contribution in [0.3, 0.4) is 0 Å². The fourth-order valence-corrected chi connectivity index (χ4v) is 5.52. The monoisotopic (exact) mass is 502 g/mol. The molecule has 6 nitrogen and oxygen atoms in total. The van der Waals surface area contributed by atoms with Crippen molar-refractivity contribution in [3.05, 3.63) is 40.9 Å². The van der Waals surface area contributed by atoms with Crippen LogP contribution in [0.2, 0.25) is 5.15 Å². The molecule has 1 spiro atoms. The number of benzene rings is 1. The molecule has 1 saturated heterocycles. The number of aromatic amines is 1. The normalized spacial score (nSPS) is 20.1. The lowest BCUT2D eigenvalue weighted by Crippen LogP contribution is -2.36. The predicted molar refractivity (Wildman–Crippen MR) is 136 cm³/mol. The highest BCUT2D eigenvalue weighted by Crippen LogP contribution is 2.59. The molecule has 1 saturated carbocycles. The first kappa shape index (κ1) is 25.8. The topological polar surface area (TPSA) is 78.1 Å². The smallest absolute Gasteiger partial charge is 0.224 e. The van der Waals surface area contributed by atoms with E-state index >= 15 is 0 Å². The van der Waals surface area contributed by atoms with Crippen LogP contribution in [0.25, 0.3) is 11.4 Å². The number of halogens is 2. The first-order valence-corrected chi connectivity index (χ1v) is 13.2. The Morgan fingerprint density at radius 3 is 2.63 bits per heavy atom. The van der Waals surface area contributed by atoms with Gasteiger partial charge >= 0.3 is 0 Å². The summed E-state index contributed by atoms with van der Waals surface area (Å²) in [6.07, 6.45) is 7.60. The number of aromatic nitrogens is 2. The number of rotatable bonds is 11. The lowest BCUT2D eigenvalue weighted by molar-refractivity contribution is -0.124. The number of amides is 1. The SMILES string of the molecule is CCC(=O)CCCCC[C@H](NC(=O)[C@H]1CC12CCN(C)CC2)c1[nH]c(-c2ccc(F)cc2)nc1Cl. The average Bonchev–Trinajstić information content (AvgIpc) is 3.43. The number of unbranched alkanes of at least 4 members (excludes halogenated alkanes) is 2. The highest BCUT2D eigenvalue weighted by Gasteiger charge is 2.58. The second kappa shape index (κ2) is 11.2. The van der Waals surface area contributed by atoms with E-state index in [0.29, 0.717) is 35.9 Å². The number of nitrogens with zero attached hydrogens (tertiary/aromatic N) is 2. The number of piperidine rings is 1. The number of carbonyl (C=O) groups excluding carboxylic acids is 2. The Balaban J connectivity index is 1.45. The van der Waals surface area contributed by atoms with E-state index in [1.807, 2.05) is 6.92 Å². The molecule has 2 N–H and O–H groups in total. The molecule has 1 aromatic carbocycles. The summed E-state index contributed by atoms with van der Waals surface area (Å²) in [7, 11) is 2.13. The molecule has 1 aliphatic carbocycles. The summed E-state index contributed by atoms with van der Waals surface area (Å²) in [4.78, 5) is 35.0. The molecule has 0 bridgehead atoms. The largest absolute Gasteiger partial charge is 0.347 e. The molecular formula is C27H36ClFN4O2. The van der Waals surface area contributed by atoms with Gasteiger partial charge in [-0.15, -0.1) is 0 Å². The molecule has 2 atom stereocenters. The highest BCUT2D eigenvalue weighted by molar-refractivity contribution is 6.30. The first-order chi connectivity index (χ1) is 16.8. The Morgan fingerprint density at radius 2 is 1.94 bits per heavy atom. The third-order valence-electron chi connectivity index (χ3n) is 7.80. The summed E-state index contributed by atoms with van der Waals surface area (Å²) < 4.78 is 13.4. The second-order valence-electron chi connectivity index (χ2n) is 10.3. The van der Waals surface area contributed by atoms with Gasteiger partial charge in [-0.1, -0.05) is 31.4 Å². The van der Waals surface area contributed by atoms with Crippen molar-refractivity contribution in [2.24, 2.45) is 11.3 Å². The minimum atomic E-state index is -0.314. The summed E-state index contributed by atoms with van der Waals surface area (Å²) in [5.41, 5.74) is 1.57. The second-order valence-corrected chi connectivity index (χ2v) is 10.6. The summed E-state index contributed by atoms with van der Waals surface area (Å²) in [5, 5.41) is 3.59. The van der Waals surface area contributed by atoms with Crippen molar-refractivity contribution >= 4 is 23.3 Å². The molecule has 0 unspecified atom stereocenters. The predicted octanol–water partition coefficient (Wildman–Crippen LogP) is 5.69. The van der Waals surface area contributed by atoms with E-state index in [1.54, 1.807) is 12.1 Å². The van der Waals surface area contributed by atoms with Gasteiger partial charge in [-0.25, -0.2) is 9.37 Å². The number of likely N-dealkylation sites (tertiary alicyclic amines) is 1. The van der Waals surface area contributed by atoms with Gasteiger partial charge in [0.05, 0.1) is 11.7 Å². The molecule has 2 fully saturated rings. The molecule has 0 radical (unpaired) electrons. The van der Waals surface area contributed by atoms with Crippen molar-refractivity contribution < 1.29 is 14.0 Å². The minimum absolute atomic E-state index is 0.0548. The van der Waals surface area contributed by atoms with Crippen molar-refractivity contribution in [2.75, 3.05) is 20.1 Å².